The van der Waals surface area contributed by atoms with Crippen LogP contribution in [0.15, 0.2) is 41.6 Å². The molecule has 0 aromatic heterocycles. The largest absolute Gasteiger partial charge is 0.0937 e. The Labute approximate surface area is 87.9 Å². The van der Waals surface area contributed by atoms with E-state index in [-0.39, 0.29) is 0 Å². The van der Waals surface area contributed by atoms with Gasteiger partial charge in [-0.1, -0.05) is 66.3 Å². The van der Waals surface area contributed by atoms with E-state index in [9.17, 15) is 0 Å². The van der Waals surface area contributed by atoms with Gasteiger partial charge in [0.15, 0.2) is 0 Å². The highest BCUT2D eigenvalue weighted by Gasteiger charge is 1.80. The number of hydrogen-bond donors (Lipinski definition) is 0. The van der Waals surface area contributed by atoms with Gasteiger partial charge in [-0.05, 0) is 12.5 Å². The van der Waals surface area contributed by atoms with Crippen LogP contribution in [-0.4, -0.2) is 8.80 Å². The smallest absolute Gasteiger partial charge is 0.0565 e. The Balaban J connectivity index is 0.000000226. The van der Waals surface area contributed by atoms with Crippen molar-refractivity contribution >= 4 is 20.4 Å². The van der Waals surface area contributed by atoms with Crippen molar-refractivity contribution in [3.63, 3.8) is 0 Å². The van der Waals surface area contributed by atoms with Crippen LogP contribution in [0.25, 0.3) is 0 Å². The van der Waals surface area contributed by atoms with Gasteiger partial charge in [-0.25, -0.2) is 0 Å². The molecule has 0 atom stereocenters. The molecule has 0 aliphatic heterocycles. The topological polar surface area (TPSA) is 0 Å². The zero-order valence-corrected chi connectivity index (χ0v) is 10.4. The van der Waals surface area contributed by atoms with Gasteiger partial charge in [-0.2, -0.15) is 0 Å². The van der Waals surface area contributed by atoms with Crippen molar-refractivity contribution in [2.45, 2.75) is 20.0 Å². The Kier molecular flexibility index (Phi) is 7.75. The minimum absolute atomic E-state index is 0.483. The molecule has 13 heavy (non-hydrogen) atoms. The molecule has 0 spiro atoms. The third-order valence-corrected chi connectivity index (χ3v) is 2.75. The molecule has 0 aliphatic rings. The second-order valence-electron chi connectivity index (χ2n) is 3.22. The van der Waals surface area contributed by atoms with Gasteiger partial charge in [0.25, 0.3) is 0 Å². The molecule has 0 bridgehead atoms. The van der Waals surface area contributed by atoms with Gasteiger partial charge in [-0.3, -0.25) is 0 Å². The number of halogens is 1. The molecule has 0 N–H and O–H groups in total. The van der Waals surface area contributed by atoms with Gasteiger partial charge in [-0.15, -0.1) is 0 Å². The van der Waals surface area contributed by atoms with Crippen LogP contribution in [-0.2, 0) is 0 Å². The lowest BCUT2D eigenvalue weighted by atomic mass is 10.2. The van der Waals surface area contributed by atoms with Gasteiger partial charge in [0.2, 0.25) is 0 Å². The Hall–Kier alpha value is -0.533. The Bertz CT molecular complexity index is 229. The predicted molar refractivity (Wildman–Crippen MR) is 65.0 cm³/mol. The quantitative estimate of drug-likeness (QED) is 0.622. The molecule has 1 aromatic carbocycles. The number of benzene rings is 1. The monoisotopic (exact) mass is 212 g/mol. The molecule has 0 radical (unpaired) electrons. The van der Waals surface area contributed by atoms with E-state index < -0.39 is 8.80 Å². The predicted octanol–water partition coefficient (Wildman–Crippen LogP) is 3.76. The van der Waals surface area contributed by atoms with E-state index in [0.717, 1.165) is 0 Å². The summed E-state index contributed by atoms with van der Waals surface area (Å²) in [4.78, 5) is 0. The molecule has 72 valence electrons. The first-order valence-corrected chi connectivity index (χ1v) is 7.86. The van der Waals surface area contributed by atoms with Crippen molar-refractivity contribution in [1.29, 1.82) is 0 Å². The summed E-state index contributed by atoms with van der Waals surface area (Å²) < 4.78 is 0. The van der Waals surface area contributed by atoms with Gasteiger partial charge in [0, 0.05) is 0 Å². The highest BCUT2D eigenvalue weighted by Crippen LogP contribution is 1.92. The van der Waals surface area contributed by atoms with Crippen LogP contribution in [0.5, 0.6) is 0 Å². The molecule has 0 amide bonds. The Morgan fingerprint density at radius 3 is 1.85 bits per heavy atom. The molecule has 1 aromatic rings. The Morgan fingerprint density at radius 2 is 1.69 bits per heavy atom. The normalized spacial score (nSPS) is 9.92. The second kappa shape index (κ2) is 8.08. The average Bonchev–Trinajstić information content (AvgIpc) is 2.06. The van der Waals surface area contributed by atoms with Crippen LogP contribution in [0.4, 0.5) is 0 Å². The summed E-state index contributed by atoms with van der Waals surface area (Å²) in [5, 5.41) is 0. The first-order chi connectivity index (χ1) is 6.16. The van der Waals surface area contributed by atoms with Gasteiger partial charge in [0.05, 0.1) is 8.80 Å². The summed E-state index contributed by atoms with van der Waals surface area (Å²) in [5.41, 5.74) is 5.00. The minimum Gasteiger partial charge on any atom is -0.0937 e. The maximum Gasteiger partial charge on any atom is 0.0565 e. The summed E-state index contributed by atoms with van der Waals surface area (Å²) in [6.45, 7) is 6.53. The van der Waals surface area contributed by atoms with Crippen molar-refractivity contribution in [3.8, 4) is 0 Å². The van der Waals surface area contributed by atoms with Crippen LogP contribution < -0.4 is 0 Å². The summed E-state index contributed by atoms with van der Waals surface area (Å²) in [6.07, 6.45) is 0. The van der Waals surface area contributed by atoms with Gasteiger partial charge in [0.1, 0.15) is 0 Å². The third kappa shape index (κ3) is 9.38. The first-order valence-electron chi connectivity index (χ1n) is 4.45. The number of aryl methyl sites for hydroxylation is 1. The van der Waals surface area contributed by atoms with E-state index in [1.54, 1.807) is 5.54 Å². The van der Waals surface area contributed by atoms with Crippen molar-refractivity contribution in [1.82, 2.24) is 0 Å². The Morgan fingerprint density at radius 1 is 1.15 bits per heavy atom. The van der Waals surface area contributed by atoms with E-state index in [1.165, 1.54) is 5.56 Å². The van der Waals surface area contributed by atoms with E-state index in [1.807, 2.05) is 18.2 Å². The molecule has 1 rings (SSSR count). The third-order valence-electron chi connectivity index (χ3n) is 1.40. The molecular weight excluding hydrogens is 196 g/mol. The molecule has 0 nitrogen and oxygen atoms in total. The maximum atomic E-state index is 5.25. The molecule has 0 heterocycles. The van der Waals surface area contributed by atoms with E-state index in [0.29, 0.717) is 0 Å². The highest BCUT2D eigenvalue weighted by atomic mass is 35.5. The van der Waals surface area contributed by atoms with Gasteiger partial charge < -0.3 is 0 Å². The lowest BCUT2D eigenvalue weighted by Gasteiger charge is -1.83. The fourth-order valence-electron chi connectivity index (χ4n) is 0.680. The van der Waals surface area contributed by atoms with Crippen LogP contribution >= 0.6 is 11.6 Å². The molecular formula is C11H17ClSi. The minimum atomic E-state index is -0.483. The number of rotatable bonds is 1. The van der Waals surface area contributed by atoms with E-state index >= 15 is 0 Å². The zero-order chi connectivity index (χ0) is 10.1. The average molecular weight is 213 g/mol. The van der Waals surface area contributed by atoms with Crippen molar-refractivity contribution < 1.29 is 0 Å². The van der Waals surface area contributed by atoms with Crippen LogP contribution in [0.3, 0.4) is 0 Å². The maximum absolute atomic E-state index is 5.25. The molecule has 0 fully saturated rings. The van der Waals surface area contributed by atoms with Crippen LogP contribution in [0, 0.1) is 6.92 Å². The SMILES string of the molecule is C[SiH](C)C=CCl.Cc1ccccc1. The van der Waals surface area contributed by atoms with Crippen molar-refractivity contribution in [3.05, 3.63) is 47.1 Å². The lowest BCUT2D eigenvalue weighted by Crippen LogP contribution is -1.90. The molecule has 2 heteroatoms. The van der Waals surface area contributed by atoms with Crippen molar-refractivity contribution in [2.75, 3.05) is 0 Å². The summed E-state index contributed by atoms with van der Waals surface area (Å²) in [7, 11) is -0.483. The van der Waals surface area contributed by atoms with E-state index in [2.05, 4.69) is 37.8 Å². The van der Waals surface area contributed by atoms with Crippen LogP contribution in [0.1, 0.15) is 5.56 Å². The number of hydrogen-bond acceptors (Lipinski definition) is 0. The standard InChI is InChI=1S/C7H8.C4H9ClSi/c1-7-5-3-2-4-6-7;1-6(2)4-3-5/h2-6H,1H3;3-4,6H,1-2H3. The zero-order valence-electron chi connectivity index (χ0n) is 8.50. The van der Waals surface area contributed by atoms with Crippen LogP contribution in [0.2, 0.25) is 13.1 Å². The molecule has 0 saturated heterocycles. The molecule has 0 aliphatic carbocycles. The fraction of sp³-hybridized carbons (Fsp3) is 0.273. The highest BCUT2D eigenvalue weighted by molar-refractivity contribution is 6.62. The second-order valence-corrected chi connectivity index (χ2v) is 6.34. The summed E-state index contributed by atoms with van der Waals surface area (Å²) in [6, 6.07) is 10.3. The van der Waals surface area contributed by atoms with E-state index in [4.69, 9.17) is 11.6 Å². The lowest BCUT2D eigenvalue weighted by molar-refractivity contribution is 1.48. The fourth-order valence-corrected chi connectivity index (χ4v) is 1.84. The first kappa shape index (κ1) is 12.5. The summed E-state index contributed by atoms with van der Waals surface area (Å²) in [5.74, 6) is 0. The molecule has 0 saturated carbocycles. The van der Waals surface area contributed by atoms with Gasteiger partial charge >= 0.3 is 0 Å². The molecule has 0 unspecified atom stereocenters. The summed E-state index contributed by atoms with van der Waals surface area (Å²) >= 11 is 5.25. The van der Waals surface area contributed by atoms with Crippen molar-refractivity contribution in [2.24, 2.45) is 0 Å².